The zero-order chi connectivity index (χ0) is 14.0. The first-order valence-corrected chi connectivity index (χ1v) is 7.93. The van der Waals surface area contributed by atoms with E-state index >= 15 is 0 Å². The summed E-state index contributed by atoms with van der Waals surface area (Å²) in [5, 5.41) is 3.37. The minimum Gasteiger partial charge on any atom is -0.314 e. The zero-order valence-corrected chi connectivity index (χ0v) is 13.0. The fourth-order valence-corrected chi connectivity index (χ4v) is 3.66. The van der Waals surface area contributed by atoms with E-state index in [4.69, 9.17) is 0 Å². The summed E-state index contributed by atoms with van der Waals surface area (Å²) in [6.45, 7) is 12.9. The normalized spacial score (nSPS) is 34.2. The molecular weight excluding hydrogens is 236 g/mol. The molecule has 3 heteroatoms. The van der Waals surface area contributed by atoms with Crippen molar-refractivity contribution >= 4 is 5.78 Å². The summed E-state index contributed by atoms with van der Waals surface area (Å²) < 4.78 is 0. The van der Waals surface area contributed by atoms with E-state index in [9.17, 15) is 4.79 Å². The van der Waals surface area contributed by atoms with Crippen molar-refractivity contribution in [3.8, 4) is 0 Å². The molecule has 110 valence electrons. The van der Waals surface area contributed by atoms with Gasteiger partial charge in [0.1, 0.15) is 0 Å². The number of nitrogens with one attached hydrogen (secondary N) is 1. The largest absolute Gasteiger partial charge is 0.314 e. The molecule has 0 aromatic carbocycles. The van der Waals surface area contributed by atoms with E-state index in [-0.39, 0.29) is 11.5 Å². The molecule has 0 amide bonds. The molecule has 0 aromatic rings. The summed E-state index contributed by atoms with van der Waals surface area (Å²) in [6.07, 6.45) is 3.41. The van der Waals surface area contributed by atoms with Crippen LogP contribution in [0.15, 0.2) is 0 Å². The molecule has 3 nitrogen and oxygen atoms in total. The maximum absolute atomic E-state index is 12.9. The van der Waals surface area contributed by atoms with Crippen molar-refractivity contribution in [1.82, 2.24) is 10.2 Å². The van der Waals surface area contributed by atoms with Gasteiger partial charge in [0.2, 0.25) is 0 Å². The number of hydrogen-bond acceptors (Lipinski definition) is 3. The molecule has 0 radical (unpaired) electrons. The van der Waals surface area contributed by atoms with Gasteiger partial charge in [-0.25, -0.2) is 0 Å². The smallest absolute Gasteiger partial charge is 0.155 e. The average Bonchev–Trinajstić information content (AvgIpc) is 2.42. The molecule has 1 N–H and O–H groups in total. The Morgan fingerprint density at radius 3 is 2.32 bits per heavy atom. The van der Waals surface area contributed by atoms with Crippen molar-refractivity contribution in [3.05, 3.63) is 0 Å². The van der Waals surface area contributed by atoms with Gasteiger partial charge in [-0.05, 0) is 44.9 Å². The van der Waals surface area contributed by atoms with Crippen LogP contribution in [0.3, 0.4) is 0 Å². The zero-order valence-electron chi connectivity index (χ0n) is 13.0. The number of rotatable bonds is 3. The third-order valence-electron chi connectivity index (χ3n) is 5.48. The van der Waals surface area contributed by atoms with Crippen molar-refractivity contribution in [1.29, 1.82) is 0 Å². The van der Waals surface area contributed by atoms with E-state index < -0.39 is 0 Å². The van der Waals surface area contributed by atoms with Crippen molar-refractivity contribution in [2.24, 2.45) is 17.8 Å². The Morgan fingerprint density at radius 1 is 1.11 bits per heavy atom. The molecule has 3 atom stereocenters. The maximum Gasteiger partial charge on any atom is 0.155 e. The number of Topliss-reactive ketones (excluding diaryl/α,β-unsaturated/α-hetero) is 1. The van der Waals surface area contributed by atoms with Gasteiger partial charge in [0.25, 0.3) is 0 Å². The molecule has 0 aromatic heterocycles. The summed E-state index contributed by atoms with van der Waals surface area (Å²) >= 11 is 0. The molecule has 19 heavy (non-hydrogen) atoms. The molecular formula is C16H30N2O. The minimum absolute atomic E-state index is 0.285. The highest BCUT2D eigenvalue weighted by Crippen LogP contribution is 2.36. The van der Waals surface area contributed by atoms with Gasteiger partial charge in [0.05, 0.1) is 5.54 Å². The van der Waals surface area contributed by atoms with E-state index in [0.29, 0.717) is 11.7 Å². The lowest BCUT2D eigenvalue weighted by Gasteiger charge is -2.43. The average molecular weight is 266 g/mol. The Hall–Kier alpha value is -0.410. The quantitative estimate of drug-likeness (QED) is 0.851. The van der Waals surface area contributed by atoms with Gasteiger partial charge in [-0.2, -0.15) is 0 Å². The summed E-state index contributed by atoms with van der Waals surface area (Å²) in [4.78, 5) is 15.3. The second-order valence-electron chi connectivity index (χ2n) is 7.12. The molecule has 1 aliphatic heterocycles. The monoisotopic (exact) mass is 266 g/mol. The van der Waals surface area contributed by atoms with Crippen LogP contribution in [-0.2, 0) is 4.79 Å². The number of carbonyl (C=O) groups excluding carboxylic acids is 1. The lowest BCUT2D eigenvalue weighted by Crippen LogP contribution is -2.58. The molecule has 1 saturated heterocycles. The number of ketones is 1. The number of hydrogen-bond donors (Lipinski definition) is 1. The van der Waals surface area contributed by atoms with Gasteiger partial charge in [-0.1, -0.05) is 13.8 Å². The standard InChI is InChI=1S/C16H30N2O/c1-12-5-6-14(11-13(12)2)15(19)16(3,4)18-9-7-17-8-10-18/h12-14,17H,5-11H2,1-4H3. The van der Waals surface area contributed by atoms with Crippen molar-refractivity contribution in [2.45, 2.75) is 52.5 Å². The Balaban J connectivity index is 2.01. The third kappa shape index (κ3) is 3.19. The fourth-order valence-electron chi connectivity index (χ4n) is 3.66. The van der Waals surface area contributed by atoms with Crippen LogP contribution in [0.4, 0.5) is 0 Å². The van der Waals surface area contributed by atoms with Gasteiger partial charge >= 0.3 is 0 Å². The van der Waals surface area contributed by atoms with Crippen LogP contribution in [0.5, 0.6) is 0 Å². The maximum atomic E-state index is 12.9. The summed E-state index contributed by atoms with van der Waals surface area (Å²) in [5.41, 5.74) is -0.285. The van der Waals surface area contributed by atoms with Gasteiger partial charge in [-0.3, -0.25) is 9.69 Å². The molecule has 2 fully saturated rings. The van der Waals surface area contributed by atoms with E-state index in [1.54, 1.807) is 0 Å². The minimum atomic E-state index is -0.285. The lowest BCUT2D eigenvalue weighted by atomic mass is 9.71. The van der Waals surface area contributed by atoms with Crippen LogP contribution >= 0.6 is 0 Å². The predicted octanol–water partition coefficient (Wildman–Crippen LogP) is 2.31. The third-order valence-corrected chi connectivity index (χ3v) is 5.48. The first-order valence-electron chi connectivity index (χ1n) is 7.93. The van der Waals surface area contributed by atoms with Crippen LogP contribution in [0.25, 0.3) is 0 Å². The molecule has 1 saturated carbocycles. The molecule has 0 bridgehead atoms. The van der Waals surface area contributed by atoms with E-state index in [1.807, 2.05) is 0 Å². The Bertz CT molecular complexity index is 321. The van der Waals surface area contributed by atoms with Gasteiger partial charge < -0.3 is 5.32 Å². The van der Waals surface area contributed by atoms with Crippen molar-refractivity contribution < 1.29 is 4.79 Å². The molecule has 0 spiro atoms. The molecule has 1 heterocycles. The highest BCUT2D eigenvalue weighted by molar-refractivity contribution is 5.89. The highest BCUT2D eigenvalue weighted by Gasteiger charge is 2.40. The summed E-state index contributed by atoms with van der Waals surface area (Å²) in [5.74, 6) is 2.25. The molecule has 2 rings (SSSR count). The Kier molecular flexibility index (Phi) is 4.67. The van der Waals surface area contributed by atoms with Crippen LogP contribution in [0, 0.1) is 17.8 Å². The molecule has 3 unspecified atom stereocenters. The summed E-state index contributed by atoms with van der Waals surface area (Å²) in [6, 6.07) is 0. The van der Waals surface area contributed by atoms with E-state index in [0.717, 1.165) is 44.9 Å². The van der Waals surface area contributed by atoms with Gasteiger partial charge in [0, 0.05) is 32.1 Å². The van der Waals surface area contributed by atoms with E-state index in [1.165, 1.54) is 6.42 Å². The summed E-state index contributed by atoms with van der Waals surface area (Å²) in [7, 11) is 0. The van der Waals surface area contributed by atoms with Gasteiger partial charge in [-0.15, -0.1) is 0 Å². The second-order valence-corrected chi connectivity index (χ2v) is 7.12. The molecule has 2 aliphatic rings. The van der Waals surface area contributed by atoms with Crippen LogP contribution < -0.4 is 5.32 Å². The van der Waals surface area contributed by atoms with Gasteiger partial charge in [0.15, 0.2) is 5.78 Å². The Morgan fingerprint density at radius 2 is 1.74 bits per heavy atom. The van der Waals surface area contributed by atoms with Crippen LogP contribution in [0.1, 0.15) is 47.0 Å². The van der Waals surface area contributed by atoms with Crippen LogP contribution in [0.2, 0.25) is 0 Å². The number of piperazine rings is 1. The molecule has 1 aliphatic carbocycles. The second kappa shape index (κ2) is 5.92. The lowest BCUT2D eigenvalue weighted by molar-refractivity contribution is -0.135. The fraction of sp³-hybridized carbons (Fsp3) is 0.938. The SMILES string of the molecule is CC1CCC(C(=O)C(C)(C)N2CCNCC2)CC1C. The van der Waals surface area contributed by atoms with Crippen molar-refractivity contribution in [3.63, 3.8) is 0 Å². The van der Waals surface area contributed by atoms with E-state index in [2.05, 4.69) is 37.9 Å². The first-order chi connectivity index (χ1) is 8.93. The number of carbonyl (C=O) groups is 1. The first kappa shape index (κ1) is 15.0. The van der Waals surface area contributed by atoms with Crippen molar-refractivity contribution in [2.75, 3.05) is 26.2 Å². The topological polar surface area (TPSA) is 32.3 Å². The Labute approximate surface area is 118 Å². The van der Waals surface area contributed by atoms with Crippen LogP contribution in [-0.4, -0.2) is 42.4 Å². The predicted molar refractivity (Wildman–Crippen MR) is 79.2 cm³/mol. The highest BCUT2D eigenvalue weighted by atomic mass is 16.1. The number of nitrogens with zero attached hydrogens (tertiary/aromatic N) is 1.